The Morgan fingerprint density at radius 1 is 1.39 bits per heavy atom. The highest BCUT2D eigenvalue weighted by Gasteiger charge is 2.16. The van der Waals surface area contributed by atoms with E-state index >= 15 is 0 Å². The summed E-state index contributed by atoms with van der Waals surface area (Å²) < 4.78 is 0. The van der Waals surface area contributed by atoms with Gasteiger partial charge in [-0.3, -0.25) is 9.89 Å². The monoisotopic (exact) mass is 450 g/mol. The summed E-state index contributed by atoms with van der Waals surface area (Å²) in [5.74, 6) is 1.66. The largest absolute Gasteiger partial charge is 0.357 e. The number of guanidine groups is 1. The molecule has 6 heteroatoms. The van der Waals surface area contributed by atoms with Gasteiger partial charge in [0.15, 0.2) is 5.96 Å². The van der Waals surface area contributed by atoms with E-state index in [1.807, 2.05) is 11.3 Å². The minimum absolute atomic E-state index is 0. The van der Waals surface area contributed by atoms with E-state index in [1.54, 1.807) is 4.88 Å². The molecular formula is C17H31IN4S. The van der Waals surface area contributed by atoms with Crippen molar-refractivity contribution in [2.24, 2.45) is 10.9 Å². The summed E-state index contributed by atoms with van der Waals surface area (Å²) in [5, 5.41) is 9.01. The van der Waals surface area contributed by atoms with Gasteiger partial charge in [0.05, 0.1) is 0 Å². The summed E-state index contributed by atoms with van der Waals surface area (Å²) in [5.41, 5.74) is 1.52. The molecule has 2 rings (SSSR count). The third-order valence-electron chi connectivity index (χ3n) is 3.93. The summed E-state index contributed by atoms with van der Waals surface area (Å²) in [6, 6.07) is 2.27. The molecule has 1 aromatic rings. The lowest BCUT2D eigenvalue weighted by Crippen LogP contribution is -2.42. The first-order chi connectivity index (χ1) is 10.7. The first-order valence-corrected chi connectivity index (χ1v) is 9.36. The zero-order chi connectivity index (χ0) is 15.8. The van der Waals surface area contributed by atoms with Crippen molar-refractivity contribution in [1.82, 2.24) is 15.5 Å². The number of nitrogens with one attached hydrogen (secondary N) is 2. The Bertz CT molecular complexity index is 473. The van der Waals surface area contributed by atoms with E-state index in [0.29, 0.717) is 5.92 Å². The first kappa shape index (κ1) is 20.7. The Balaban J connectivity index is 0.00000264. The smallest absolute Gasteiger partial charge is 0.191 e. The summed E-state index contributed by atoms with van der Waals surface area (Å²) in [7, 11) is 0. The summed E-state index contributed by atoms with van der Waals surface area (Å²) in [6.07, 6.45) is 2.35. The van der Waals surface area contributed by atoms with Crippen LogP contribution in [-0.2, 0) is 13.0 Å². The highest BCUT2D eigenvalue weighted by molar-refractivity contribution is 14.0. The lowest BCUT2D eigenvalue weighted by atomic mass is 10.1. The Labute approximate surface area is 162 Å². The second kappa shape index (κ2) is 11.3. The van der Waals surface area contributed by atoms with Crippen molar-refractivity contribution in [2.45, 2.75) is 40.2 Å². The zero-order valence-corrected chi connectivity index (χ0v) is 17.7. The molecule has 0 aliphatic carbocycles. The van der Waals surface area contributed by atoms with Gasteiger partial charge in [-0.15, -0.1) is 35.3 Å². The molecule has 0 spiro atoms. The molecule has 0 aromatic carbocycles. The molecule has 1 aliphatic heterocycles. The maximum atomic E-state index is 4.64. The molecule has 0 amide bonds. The molecule has 0 radical (unpaired) electrons. The van der Waals surface area contributed by atoms with Crippen LogP contribution in [0.5, 0.6) is 0 Å². The molecule has 2 N–H and O–H groups in total. The number of hydrogen-bond acceptors (Lipinski definition) is 3. The predicted octanol–water partition coefficient (Wildman–Crippen LogP) is 3.33. The molecule has 1 aliphatic rings. The number of thiophene rings is 1. The van der Waals surface area contributed by atoms with Gasteiger partial charge in [0.1, 0.15) is 0 Å². The lowest BCUT2D eigenvalue weighted by molar-refractivity contribution is 0.260. The van der Waals surface area contributed by atoms with Crippen LogP contribution in [-0.4, -0.2) is 43.6 Å². The number of halogens is 1. The molecule has 4 nitrogen and oxygen atoms in total. The highest BCUT2D eigenvalue weighted by Crippen LogP contribution is 2.23. The number of fused-ring (bicyclic) bond motifs is 1. The van der Waals surface area contributed by atoms with Gasteiger partial charge in [-0.2, -0.15) is 0 Å². The Morgan fingerprint density at radius 2 is 2.22 bits per heavy atom. The fourth-order valence-electron chi connectivity index (χ4n) is 2.61. The number of nitrogens with zero attached hydrogens (tertiary/aromatic N) is 2. The molecule has 23 heavy (non-hydrogen) atoms. The standard InChI is InChI=1S/C17H30N4S.HI/c1-4-18-17(19-8-5-14(2)3)20-9-11-21-10-6-16-15(13-21)7-12-22-16;/h7,12,14H,4-6,8-11,13H2,1-3H3,(H2,18,19,20);1H. The molecule has 2 heterocycles. The number of aliphatic imine (C=N–C) groups is 1. The zero-order valence-electron chi connectivity index (χ0n) is 14.6. The Kier molecular flexibility index (Phi) is 10.1. The van der Waals surface area contributed by atoms with Crippen LogP contribution in [0.25, 0.3) is 0 Å². The van der Waals surface area contributed by atoms with E-state index in [-0.39, 0.29) is 24.0 Å². The third-order valence-corrected chi connectivity index (χ3v) is 4.95. The van der Waals surface area contributed by atoms with Crippen LogP contribution >= 0.6 is 35.3 Å². The normalized spacial score (nSPS) is 15.2. The van der Waals surface area contributed by atoms with Crippen molar-refractivity contribution in [3.63, 3.8) is 0 Å². The summed E-state index contributed by atoms with van der Waals surface area (Å²) >= 11 is 1.90. The average molecular weight is 450 g/mol. The second-order valence-electron chi connectivity index (χ2n) is 6.27. The molecule has 0 bridgehead atoms. The third kappa shape index (κ3) is 7.39. The van der Waals surface area contributed by atoms with Gasteiger partial charge < -0.3 is 10.6 Å². The first-order valence-electron chi connectivity index (χ1n) is 8.48. The molecule has 132 valence electrons. The van der Waals surface area contributed by atoms with Crippen molar-refractivity contribution in [2.75, 3.05) is 32.7 Å². The predicted molar refractivity (Wildman–Crippen MR) is 112 cm³/mol. The maximum absolute atomic E-state index is 4.64. The Morgan fingerprint density at radius 3 is 2.96 bits per heavy atom. The van der Waals surface area contributed by atoms with Crippen LogP contribution in [0, 0.1) is 5.92 Å². The second-order valence-corrected chi connectivity index (χ2v) is 7.27. The van der Waals surface area contributed by atoms with Crippen molar-refractivity contribution in [3.8, 4) is 0 Å². The van der Waals surface area contributed by atoms with Crippen molar-refractivity contribution < 1.29 is 0 Å². The minimum atomic E-state index is 0. The van der Waals surface area contributed by atoms with Crippen LogP contribution < -0.4 is 10.6 Å². The van der Waals surface area contributed by atoms with Gasteiger partial charge in [0.25, 0.3) is 0 Å². The quantitative estimate of drug-likeness (QED) is 0.381. The average Bonchev–Trinajstić information content (AvgIpc) is 2.94. The van der Waals surface area contributed by atoms with Crippen LogP contribution in [0.1, 0.15) is 37.6 Å². The van der Waals surface area contributed by atoms with E-state index in [2.05, 4.69) is 52.7 Å². The number of hydrogen-bond donors (Lipinski definition) is 2. The van der Waals surface area contributed by atoms with E-state index in [1.165, 1.54) is 18.5 Å². The van der Waals surface area contributed by atoms with Crippen LogP contribution in [0.4, 0.5) is 0 Å². The van der Waals surface area contributed by atoms with Gasteiger partial charge >= 0.3 is 0 Å². The number of rotatable bonds is 7. The molecule has 1 aromatic heterocycles. The minimum Gasteiger partial charge on any atom is -0.357 e. The van der Waals surface area contributed by atoms with Crippen molar-refractivity contribution in [3.05, 3.63) is 21.9 Å². The fraction of sp³-hybridized carbons (Fsp3) is 0.706. The molecule has 0 saturated carbocycles. The van der Waals surface area contributed by atoms with Crippen LogP contribution in [0.3, 0.4) is 0 Å². The van der Waals surface area contributed by atoms with E-state index < -0.39 is 0 Å². The molecule has 0 fully saturated rings. The van der Waals surface area contributed by atoms with Crippen molar-refractivity contribution >= 4 is 41.3 Å². The Hall–Kier alpha value is -0.340. The lowest BCUT2D eigenvalue weighted by Gasteiger charge is -2.27. The highest BCUT2D eigenvalue weighted by atomic mass is 127. The van der Waals surface area contributed by atoms with Crippen molar-refractivity contribution in [1.29, 1.82) is 0 Å². The van der Waals surface area contributed by atoms with Gasteiger partial charge in [-0.05, 0) is 42.7 Å². The van der Waals surface area contributed by atoms with E-state index in [0.717, 1.165) is 45.1 Å². The SMILES string of the molecule is CCNC(=NCCC(C)C)NCCN1CCc2sccc2C1.I. The summed E-state index contributed by atoms with van der Waals surface area (Å²) in [6.45, 7) is 12.7. The van der Waals surface area contributed by atoms with Crippen LogP contribution in [0.2, 0.25) is 0 Å². The fourth-order valence-corrected chi connectivity index (χ4v) is 3.50. The molecule has 0 saturated heterocycles. The van der Waals surface area contributed by atoms with Crippen LogP contribution in [0.15, 0.2) is 16.4 Å². The van der Waals surface area contributed by atoms with Gasteiger partial charge in [-0.25, -0.2) is 0 Å². The summed E-state index contributed by atoms with van der Waals surface area (Å²) in [4.78, 5) is 8.75. The maximum Gasteiger partial charge on any atom is 0.191 e. The van der Waals surface area contributed by atoms with Gasteiger partial charge in [-0.1, -0.05) is 13.8 Å². The topological polar surface area (TPSA) is 39.7 Å². The van der Waals surface area contributed by atoms with E-state index in [4.69, 9.17) is 0 Å². The van der Waals surface area contributed by atoms with E-state index in [9.17, 15) is 0 Å². The molecule has 0 atom stereocenters. The molecule has 0 unspecified atom stereocenters. The van der Waals surface area contributed by atoms with Gasteiger partial charge in [0, 0.05) is 44.1 Å². The molecular weight excluding hydrogens is 419 g/mol. The van der Waals surface area contributed by atoms with Gasteiger partial charge in [0.2, 0.25) is 0 Å².